The van der Waals surface area contributed by atoms with Crippen molar-refractivity contribution in [2.24, 2.45) is 0 Å². The number of pyridine rings is 1. The highest BCUT2D eigenvalue weighted by molar-refractivity contribution is 7.21. The lowest BCUT2D eigenvalue weighted by atomic mass is 10.1. The van der Waals surface area contributed by atoms with Gasteiger partial charge in [-0.05, 0) is 23.6 Å². The molecule has 0 aromatic carbocycles. The van der Waals surface area contributed by atoms with Crippen molar-refractivity contribution < 1.29 is 14.4 Å². The Balaban J connectivity index is 1.19. The number of rotatable bonds is 8. The Labute approximate surface area is 182 Å². The lowest BCUT2D eigenvalue weighted by molar-refractivity contribution is -0.133. The van der Waals surface area contributed by atoms with Gasteiger partial charge in [0.15, 0.2) is 10.9 Å². The molecular formula is C21H22N4O3S2. The van der Waals surface area contributed by atoms with E-state index in [9.17, 15) is 14.4 Å². The second-order valence-corrected chi connectivity index (χ2v) is 9.03. The third-order valence-electron chi connectivity index (χ3n) is 5.10. The predicted octanol–water partition coefficient (Wildman–Crippen LogP) is 3.41. The highest BCUT2D eigenvalue weighted by atomic mass is 32.1. The van der Waals surface area contributed by atoms with E-state index in [1.807, 2.05) is 28.5 Å². The van der Waals surface area contributed by atoms with Gasteiger partial charge in [-0.15, -0.1) is 11.3 Å². The second kappa shape index (κ2) is 9.44. The molecule has 3 aromatic heterocycles. The number of nitrogens with zero attached hydrogens (tertiary/aromatic N) is 4. The normalized spacial score (nSPS) is 14.3. The minimum Gasteiger partial charge on any atom is -0.344 e. The number of aromatic nitrogens is 2. The maximum Gasteiger partial charge on any atom is 0.223 e. The quantitative estimate of drug-likeness (QED) is 0.497. The molecule has 0 radical (unpaired) electrons. The molecule has 156 valence electrons. The topological polar surface area (TPSA) is 83.5 Å². The number of thiazole rings is 1. The molecule has 3 aromatic rings. The molecule has 0 N–H and O–H groups in total. The van der Waals surface area contributed by atoms with Crippen molar-refractivity contribution in [1.82, 2.24) is 14.9 Å². The third-order valence-corrected chi connectivity index (χ3v) is 7.05. The van der Waals surface area contributed by atoms with Gasteiger partial charge in [0.1, 0.15) is 16.1 Å². The zero-order valence-corrected chi connectivity index (χ0v) is 18.1. The summed E-state index contributed by atoms with van der Waals surface area (Å²) in [5, 5.41) is 2.78. The molecule has 1 aliphatic heterocycles. The second-order valence-electron chi connectivity index (χ2n) is 7.13. The molecule has 7 nitrogen and oxygen atoms in total. The van der Waals surface area contributed by atoms with Crippen LogP contribution < -0.4 is 4.90 Å². The Morgan fingerprint density at radius 2 is 1.77 bits per heavy atom. The first-order valence-electron chi connectivity index (χ1n) is 9.93. The van der Waals surface area contributed by atoms with Crippen LogP contribution in [0.4, 0.5) is 5.13 Å². The summed E-state index contributed by atoms with van der Waals surface area (Å²) >= 11 is 2.95. The maximum atomic E-state index is 12.5. The van der Waals surface area contributed by atoms with Crippen LogP contribution in [0, 0.1) is 0 Å². The Bertz CT molecular complexity index is 1010. The number of hydrogen-bond acceptors (Lipinski definition) is 8. The van der Waals surface area contributed by atoms with Crippen molar-refractivity contribution in [3.63, 3.8) is 0 Å². The van der Waals surface area contributed by atoms with Gasteiger partial charge in [0.05, 0.1) is 4.88 Å². The first kappa shape index (κ1) is 20.6. The summed E-state index contributed by atoms with van der Waals surface area (Å²) in [7, 11) is 0. The lowest BCUT2D eigenvalue weighted by Crippen LogP contribution is -2.48. The fraction of sp³-hybridized carbons (Fsp3) is 0.381. The molecule has 1 saturated heterocycles. The number of amides is 1. The third kappa shape index (κ3) is 4.91. The van der Waals surface area contributed by atoms with Crippen molar-refractivity contribution in [3.05, 3.63) is 40.7 Å². The Kier molecular flexibility index (Phi) is 6.49. The van der Waals surface area contributed by atoms with Crippen molar-refractivity contribution in [2.45, 2.75) is 25.7 Å². The number of fused-ring (bicyclic) bond motifs is 1. The molecule has 4 rings (SSSR count). The molecule has 0 spiro atoms. The molecule has 30 heavy (non-hydrogen) atoms. The van der Waals surface area contributed by atoms with E-state index in [1.54, 1.807) is 23.6 Å². The summed E-state index contributed by atoms with van der Waals surface area (Å²) in [5.41, 5.74) is 0.895. The van der Waals surface area contributed by atoms with Crippen molar-refractivity contribution in [3.8, 4) is 0 Å². The summed E-state index contributed by atoms with van der Waals surface area (Å²) < 4.78 is 0. The molecule has 4 heterocycles. The van der Waals surface area contributed by atoms with Crippen LogP contribution in [0.2, 0.25) is 0 Å². The summed E-state index contributed by atoms with van der Waals surface area (Å²) in [5.74, 6) is -0.0433. The number of Topliss-reactive ketones (excluding diaryl/α,β-unsaturated/α-hetero) is 2. The van der Waals surface area contributed by atoms with E-state index in [4.69, 9.17) is 0 Å². The van der Waals surface area contributed by atoms with Gasteiger partial charge in [0, 0.05) is 58.1 Å². The number of thiophene rings is 1. The lowest BCUT2D eigenvalue weighted by Gasteiger charge is -2.34. The van der Waals surface area contributed by atoms with Gasteiger partial charge in [-0.2, -0.15) is 0 Å². The average molecular weight is 443 g/mol. The highest BCUT2D eigenvalue weighted by Crippen LogP contribution is 2.27. The number of hydrogen-bond donors (Lipinski definition) is 0. The Hall–Kier alpha value is -2.65. The van der Waals surface area contributed by atoms with Crippen LogP contribution in [0.15, 0.2) is 35.8 Å². The molecular weight excluding hydrogens is 420 g/mol. The Morgan fingerprint density at radius 1 is 0.967 bits per heavy atom. The van der Waals surface area contributed by atoms with Gasteiger partial charge in [-0.3, -0.25) is 14.4 Å². The van der Waals surface area contributed by atoms with E-state index < -0.39 is 0 Å². The standard InChI is InChI=1S/C21H22N4O3S2/c26-15(5-7-17(27)18-4-2-14-29-18)6-8-19(28)24-10-12-25(13-11-24)21-23-16-3-1-9-22-20(16)30-21/h1-4,9,14H,5-8,10-13H2. The van der Waals surface area contributed by atoms with E-state index in [2.05, 4.69) is 14.9 Å². The van der Waals surface area contributed by atoms with Crippen LogP contribution in [0.1, 0.15) is 35.4 Å². The Morgan fingerprint density at radius 3 is 2.50 bits per heavy atom. The largest absolute Gasteiger partial charge is 0.344 e. The molecule has 0 bridgehead atoms. The summed E-state index contributed by atoms with van der Waals surface area (Å²) in [6.45, 7) is 2.67. The van der Waals surface area contributed by atoms with Gasteiger partial charge < -0.3 is 9.80 Å². The molecule has 0 atom stereocenters. The smallest absolute Gasteiger partial charge is 0.223 e. The number of anilines is 1. The molecule has 1 fully saturated rings. The van der Waals surface area contributed by atoms with Crippen LogP contribution in [-0.4, -0.2) is 58.5 Å². The number of ketones is 2. The zero-order valence-electron chi connectivity index (χ0n) is 16.5. The fourth-order valence-electron chi connectivity index (χ4n) is 3.38. The highest BCUT2D eigenvalue weighted by Gasteiger charge is 2.23. The predicted molar refractivity (Wildman–Crippen MR) is 118 cm³/mol. The van der Waals surface area contributed by atoms with Gasteiger partial charge in [0.25, 0.3) is 0 Å². The molecule has 1 amide bonds. The summed E-state index contributed by atoms with van der Waals surface area (Å²) in [6.07, 6.45) is 2.57. The van der Waals surface area contributed by atoms with E-state index in [0.29, 0.717) is 18.0 Å². The average Bonchev–Trinajstić information content (AvgIpc) is 3.46. The number of piperazine rings is 1. The SMILES string of the molecule is O=C(CCC(=O)c1cccs1)CCC(=O)N1CCN(c2nc3cccnc3s2)CC1. The van der Waals surface area contributed by atoms with Crippen LogP contribution >= 0.6 is 22.7 Å². The van der Waals surface area contributed by atoms with E-state index in [-0.39, 0.29) is 43.2 Å². The molecule has 9 heteroatoms. The minimum atomic E-state index is -0.0335. The van der Waals surface area contributed by atoms with E-state index in [1.165, 1.54) is 11.3 Å². The monoisotopic (exact) mass is 442 g/mol. The first-order chi connectivity index (χ1) is 14.6. The van der Waals surface area contributed by atoms with Crippen molar-refractivity contribution in [1.29, 1.82) is 0 Å². The van der Waals surface area contributed by atoms with Crippen molar-refractivity contribution >= 4 is 55.6 Å². The first-order valence-corrected chi connectivity index (χ1v) is 11.6. The van der Waals surface area contributed by atoms with Gasteiger partial charge in [0.2, 0.25) is 5.91 Å². The van der Waals surface area contributed by atoms with Gasteiger partial charge in [-0.1, -0.05) is 17.4 Å². The molecule has 0 saturated carbocycles. The van der Waals surface area contributed by atoms with Crippen LogP contribution in [0.25, 0.3) is 10.3 Å². The zero-order chi connectivity index (χ0) is 20.9. The van der Waals surface area contributed by atoms with Crippen molar-refractivity contribution in [2.75, 3.05) is 31.1 Å². The van der Waals surface area contributed by atoms with Crippen LogP contribution in [0.5, 0.6) is 0 Å². The fourth-order valence-corrected chi connectivity index (χ4v) is 5.04. The molecule has 0 aliphatic carbocycles. The van der Waals surface area contributed by atoms with Crippen LogP contribution in [0.3, 0.4) is 0 Å². The van der Waals surface area contributed by atoms with E-state index in [0.717, 1.165) is 28.6 Å². The number of carbonyl (C=O) groups is 3. The molecule has 1 aliphatic rings. The number of carbonyl (C=O) groups excluding carboxylic acids is 3. The van der Waals surface area contributed by atoms with Gasteiger partial charge >= 0.3 is 0 Å². The van der Waals surface area contributed by atoms with Crippen LogP contribution in [-0.2, 0) is 9.59 Å². The van der Waals surface area contributed by atoms with E-state index >= 15 is 0 Å². The summed E-state index contributed by atoms with van der Waals surface area (Å²) in [4.78, 5) is 51.1. The minimum absolute atomic E-state index is 0.00134. The summed E-state index contributed by atoms with van der Waals surface area (Å²) in [6, 6.07) is 7.42. The van der Waals surface area contributed by atoms with Gasteiger partial charge in [-0.25, -0.2) is 9.97 Å². The molecule has 0 unspecified atom stereocenters. The maximum absolute atomic E-state index is 12.5.